The van der Waals surface area contributed by atoms with Crippen molar-refractivity contribution < 1.29 is 4.79 Å². The van der Waals surface area contributed by atoms with Crippen molar-refractivity contribution in [1.29, 1.82) is 0 Å². The molecule has 0 saturated carbocycles. The van der Waals surface area contributed by atoms with Gasteiger partial charge in [0.1, 0.15) is 0 Å². The Labute approximate surface area is 156 Å². The molecular formula is C20H26ClN3O. The Morgan fingerprint density at radius 1 is 1.12 bits per heavy atom. The third-order valence-electron chi connectivity index (χ3n) is 4.78. The number of pyridine rings is 1. The van der Waals surface area contributed by atoms with Crippen LogP contribution < -0.4 is 0 Å². The molecule has 1 saturated heterocycles. The highest BCUT2D eigenvalue weighted by Gasteiger charge is 2.25. The maximum absolute atomic E-state index is 12.8. The quantitative estimate of drug-likeness (QED) is 0.793. The Morgan fingerprint density at radius 2 is 1.76 bits per heavy atom. The second-order valence-electron chi connectivity index (χ2n) is 6.47. The van der Waals surface area contributed by atoms with E-state index in [1.807, 2.05) is 42.3 Å². The van der Waals surface area contributed by atoms with Crippen LogP contribution in [0.15, 0.2) is 54.9 Å². The van der Waals surface area contributed by atoms with E-state index in [9.17, 15) is 4.79 Å². The van der Waals surface area contributed by atoms with E-state index in [2.05, 4.69) is 22.0 Å². The topological polar surface area (TPSA) is 36.4 Å². The van der Waals surface area contributed by atoms with E-state index >= 15 is 0 Å². The Hall–Kier alpha value is -1.91. The number of nitrogens with zero attached hydrogens (tertiary/aromatic N) is 3. The highest BCUT2D eigenvalue weighted by Crippen LogP contribution is 2.23. The predicted octanol–water partition coefficient (Wildman–Crippen LogP) is 3.34. The molecule has 5 heteroatoms. The molecule has 3 rings (SSSR count). The van der Waals surface area contributed by atoms with E-state index in [-0.39, 0.29) is 24.4 Å². The van der Waals surface area contributed by atoms with Crippen LogP contribution in [0.5, 0.6) is 0 Å². The summed E-state index contributed by atoms with van der Waals surface area (Å²) in [6.07, 6.45) is 6.41. The fourth-order valence-corrected chi connectivity index (χ4v) is 3.31. The van der Waals surface area contributed by atoms with Gasteiger partial charge in [-0.15, -0.1) is 12.4 Å². The molecule has 1 aliphatic rings. The fourth-order valence-electron chi connectivity index (χ4n) is 3.31. The first-order chi connectivity index (χ1) is 11.7. The highest BCUT2D eigenvalue weighted by atomic mass is 35.5. The average Bonchev–Trinajstić information content (AvgIpc) is 3.14. The minimum atomic E-state index is 0. The Bertz CT molecular complexity index is 645. The van der Waals surface area contributed by atoms with Gasteiger partial charge in [-0.1, -0.05) is 30.3 Å². The third-order valence-corrected chi connectivity index (χ3v) is 4.78. The summed E-state index contributed by atoms with van der Waals surface area (Å²) in [7, 11) is 1.93. The van der Waals surface area contributed by atoms with Gasteiger partial charge in [-0.3, -0.25) is 9.78 Å². The summed E-state index contributed by atoms with van der Waals surface area (Å²) in [5.41, 5.74) is 2.21. The molecule has 0 N–H and O–H groups in total. The van der Waals surface area contributed by atoms with Gasteiger partial charge >= 0.3 is 0 Å². The SMILES string of the molecule is CN(C(=O)Cc1ccncc1)[C@H](CN1CCCC1)c1ccccc1.Cl. The van der Waals surface area contributed by atoms with Gasteiger partial charge in [0.15, 0.2) is 0 Å². The lowest BCUT2D eigenvalue weighted by molar-refractivity contribution is -0.131. The first-order valence-electron chi connectivity index (χ1n) is 8.66. The van der Waals surface area contributed by atoms with Crippen molar-refractivity contribution >= 4 is 18.3 Å². The first kappa shape index (κ1) is 19.4. The van der Waals surface area contributed by atoms with Gasteiger partial charge in [-0.2, -0.15) is 0 Å². The molecule has 0 aliphatic carbocycles. The Morgan fingerprint density at radius 3 is 2.40 bits per heavy atom. The van der Waals surface area contributed by atoms with E-state index in [4.69, 9.17) is 0 Å². The van der Waals surface area contributed by atoms with E-state index in [0.29, 0.717) is 6.42 Å². The molecule has 2 heterocycles. The number of halogens is 1. The number of aromatic nitrogens is 1. The number of amides is 1. The zero-order valence-electron chi connectivity index (χ0n) is 14.7. The lowest BCUT2D eigenvalue weighted by atomic mass is 10.0. The van der Waals surface area contributed by atoms with Crippen molar-refractivity contribution in [3.63, 3.8) is 0 Å². The molecule has 25 heavy (non-hydrogen) atoms. The number of carbonyl (C=O) groups excluding carboxylic acids is 1. The van der Waals surface area contributed by atoms with Crippen molar-refractivity contribution in [2.75, 3.05) is 26.7 Å². The third kappa shape index (κ3) is 5.28. The summed E-state index contributed by atoms with van der Waals surface area (Å²) in [5, 5.41) is 0. The van der Waals surface area contributed by atoms with Crippen molar-refractivity contribution in [3.05, 3.63) is 66.0 Å². The maximum atomic E-state index is 12.8. The molecule has 4 nitrogen and oxygen atoms in total. The molecule has 1 fully saturated rings. The van der Waals surface area contributed by atoms with E-state index in [0.717, 1.165) is 25.2 Å². The number of benzene rings is 1. The lowest BCUT2D eigenvalue weighted by Crippen LogP contribution is -2.39. The minimum Gasteiger partial charge on any atom is -0.337 e. The van der Waals surface area contributed by atoms with Gasteiger partial charge in [0.05, 0.1) is 12.5 Å². The minimum absolute atomic E-state index is 0. The normalized spacial score (nSPS) is 15.4. The number of hydrogen-bond donors (Lipinski definition) is 0. The van der Waals surface area contributed by atoms with Crippen molar-refractivity contribution in [2.45, 2.75) is 25.3 Å². The van der Waals surface area contributed by atoms with Crippen LogP contribution >= 0.6 is 12.4 Å². The molecule has 1 atom stereocenters. The van der Waals surface area contributed by atoms with Gasteiger partial charge in [-0.25, -0.2) is 0 Å². The number of likely N-dealkylation sites (tertiary alicyclic amines) is 1. The monoisotopic (exact) mass is 359 g/mol. The van der Waals surface area contributed by atoms with Crippen LogP contribution in [-0.2, 0) is 11.2 Å². The molecule has 0 spiro atoms. The van der Waals surface area contributed by atoms with Crippen LogP contribution in [0.3, 0.4) is 0 Å². The summed E-state index contributed by atoms with van der Waals surface area (Å²) < 4.78 is 0. The molecule has 1 aromatic carbocycles. The lowest BCUT2D eigenvalue weighted by Gasteiger charge is -2.32. The zero-order chi connectivity index (χ0) is 16.8. The van der Waals surface area contributed by atoms with Gasteiger partial charge in [0, 0.05) is 26.0 Å². The van der Waals surface area contributed by atoms with Gasteiger partial charge in [0.2, 0.25) is 5.91 Å². The molecule has 134 valence electrons. The van der Waals surface area contributed by atoms with Crippen LogP contribution in [0.1, 0.15) is 30.0 Å². The van der Waals surface area contributed by atoms with Crippen LogP contribution in [0, 0.1) is 0 Å². The van der Waals surface area contributed by atoms with Gasteiger partial charge in [-0.05, 0) is 49.2 Å². The second-order valence-corrected chi connectivity index (χ2v) is 6.47. The Balaban J connectivity index is 0.00000225. The smallest absolute Gasteiger partial charge is 0.227 e. The van der Waals surface area contributed by atoms with Crippen LogP contribution in [0.2, 0.25) is 0 Å². The number of carbonyl (C=O) groups is 1. The van der Waals surface area contributed by atoms with E-state index in [1.165, 1.54) is 18.4 Å². The first-order valence-corrected chi connectivity index (χ1v) is 8.66. The van der Waals surface area contributed by atoms with Gasteiger partial charge in [0.25, 0.3) is 0 Å². The molecule has 0 bridgehead atoms. The average molecular weight is 360 g/mol. The van der Waals surface area contributed by atoms with E-state index < -0.39 is 0 Å². The molecule has 0 radical (unpaired) electrons. The summed E-state index contributed by atoms with van der Waals surface area (Å²) in [6.45, 7) is 3.17. The predicted molar refractivity (Wildman–Crippen MR) is 103 cm³/mol. The van der Waals surface area contributed by atoms with E-state index in [1.54, 1.807) is 12.4 Å². The summed E-state index contributed by atoms with van der Waals surface area (Å²) in [4.78, 5) is 21.2. The summed E-state index contributed by atoms with van der Waals surface area (Å²) in [6, 6.07) is 14.3. The fraction of sp³-hybridized carbons (Fsp3) is 0.400. The van der Waals surface area contributed by atoms with Crippen LogP contribution in [-0.4, -0.2) is 47.4 Å². The molecule has 1 aromatic heterocycles. The van der Waals surface area contributed by atoms with Crippen LogP contribution in [0.25, 0.3) is 0 Å². The molecule has 2 aromatic rings. The number of hydrogen-bond acceptors (Lipinski definition) is 3. The number of likely N-dealkylation sites (N-methyl/N-ethyl adjacent to an activating group) is 1. The summed E-state index contributed by atoms with van der Waals surface area (Å²) >= 11 is 0. The molecule has 0 unspecified atom stereocenters. The van der Waals surface area contributed by atoms with Crippen molar-refractivity contribution in [3.8, 4) is 0 Å². The van der Waals surface area contributed by atoms with Gasteiger partial charge < -0.3 is 9.80 Å². The van der Waals surface area contributed by atoms with Crippen LogP contribution in [0.4, 0.5) is 0 Å². The van der Waals surface area contributed by atoms with Crippen molar-refractivity contribution in [2.24, 2.45) is 0 Å². The maximum Gasteiger partial charge on any atom is 0.227 e. The van der Waals surface area contributed by atoms with Crippen molar-refractivity contribution in [1.82, 2.24) is 14.8 Å². The Kier molecular flexibility index (Phi) is 7.41. The molecule has 1 aliphatic heterocycles. The standard InChI is InChI=1S/C20H25N3O.ClH/c1-22(20(24)15-17-9-11-21-12-10-17)19(16-23-13-5-6-14-23)18-7-3-2-4-8-18;/h2-4,7-12,19H,5-6,13-16H2,1H3;1H/t19-;/m1./s1. The highest BCUT2D eigenvalue weighted by molar-refractivity contribution is 5.85. The largest absolute Gasteiger partial charge is 0.337 e. The number of rotatable bonds is 6. The summed E-state index contributed by atoms with van der Waals surface area (Å²) in [5.74, 6) is 0.147. The second kappa shape index (κ2) is 9.54. The zero-order valence-corrected chi connectivity index (χ0v) is 15.5. The molecule has 1 amide bonds. The molecular weight excluding hydrogens is 334 g/mol.